The van der Waals surface area contributed by atoms with Gasteiger partial charge in [0.1, 0.15) is 0 Å². The number of esters is 1. The zero-order chi connectivity index (χ0) is 25.9. The molecule has 192 valence electrons. The molecule has 0 unspecified atom stereocenters. The van der Waals surface area contributed by atoms with E-state index in [-0.39, 0.29) is 17.3 Å². The molecule has 0 atom stereocenters. The fourth-order valence-electron chi connectivity index (χ4n) is 7.13. The molecule has 4 bridgehead atoms. The van der Waals surface area contributed by atoms with Crippen LogP contribution in [0.5, 0.6) is 11.5 Å². The van der Waals surface area contributed by atoms with Gasteiger partial charge in [0, 0.05) is 0 Å². The molecule has 1 aliphatic heterocycles. The average molecular weight is 534 g/mol. The van der Waals surface area contributed by atoms with Gasteiger partial charge in [0.15, 0.2) is 15.8 Å². The summed E-state index contributed by atoms with van der Waals surface area (Å²) in [5, 5.41) is 0. The Morgan fingerprint density at radius 3 is 2.30 bits per heavy atom. The average Bonchev–Trinajstić information content (AvgIpc) is 3.13. The van der Waals surface area contributed by atoms with E-state index >= 15 is 0 Å². The van der Waals surface area contributed by atoms with Crippen molar-refractivity contribution in [2.24, 2.45) is 23.2 Å². The van der Waals surface area contributed by atoms with Crippen LogP contribution in [0.4, 0.5) is 5.69 Å². The number of anilines is 1. The van der Waals surface area contributed by atoms with E-state index in [1.54, 1.807) is 18.1 Å². The van der Waals surface area contributed by atoms with Gasteiger partial charge in [-0.3, -0.25) is 14.5 Å². The molecule has 5 aliphatic rings. The van der Waals surface area contributed by atoms with E-state index in [0.29, 0.717) is 38.5 Å². The molecule has 2 aromatic rings. The standard InChI is InChI=1S/C30H31NO4S2/c1-17-4-6-23(8-18(17)2)31-27(32)26(37-29(31)36)13-19-5-7-24(25(12-19)34-3)35-28(33)30-14-20-9-21(15-30)11-22(10-20)16-30/h4-8,12-13,20-22H,9-11,14-16H2,1-3H3/b26-13-. The van der Waals surface area contributed by atoms with Crippen LogP contribution in [0.15, 0.2) is 41.3 Å². The highest BCUT2D eigenvalue weighted by molar-refractivity contribution is 8.27. The van der Waals surface area contributed by atoms with Crippen molar-refractivity contribution < 1.29 is 19.1 Å². The number of amides is 1. The van der Waals surface area contributed by atoms with Crippen LogP contribution in [0.25, 0.3) is 6.08 Å². The van der Waals surface area contributed by atoms with E-state index in [1.807, 2.05) is 50.3 Å². The van der Waals surface area contributed by atoms with E-state index < -0.39 is 0 Å². The molecule has 1 saturated heterocycles. The summed E-state index contributed by atoms with van der Waals surface area (Å²) < 4.78 is 12.1. The van der Waals surface area contributed by atoms with Crippen molar-refractivity contribution in [1.29, 1.82) is 0 Å². The quantitative estimate of drug-likeness (QED) is 0.182. The zero-order valence-corrected chi connectivity index (χ0v) is 23.0. The third kappa shape index (κ3) is 4.40. The van der Waals surface area contributed by atoms with Gasteiger partial charge in [-0.15, -0.1) is 0 Å². The van der Waals surface area contributed by atoms with Crippen molar-refractivity contribution in [3.63, 3.8) is 0 Å². The molecule has 4 saturated carbocycles. The summed E-state index contributed by atoms with van der Waals surface area (Å²) in [5.74, 6) is 2.68. The fourth-order valence-corrected chi connectivity index (χ4v) is 8.43. The topological polar surface area (TPSA) is 55.8 Å². The second kappa shape index (κ2) is 9.28. The minimum absolute atomic E-state index is 0.105. The monoisotopic (exact) mass is 533 g/mol. The van der Waals surface area contributed by atoms with Gasteiger partial charge in [-0.05, 0) is 117 Å². The number of benzene rings is 2. The van der Waals surface area contributed by atoms with Gasteiger partial charge in [-0.2, -0.15) is 0 Å². The van der Waals surface area contributed by atoms with Gasteiger partial charge in [0.05, 0.1) is 23.1 Å². The third-order valence-electron chi connectivity index (χ3n) is 8.70. The normalized spacial score (nSPS) is 29.3. The fraction of sp³-hybridized carbons (Fsp3) is 0.433. The Labute approximate surface area is 227 Å². The Balaban J connectivity index is 1.21. The summed E-state index contributed by atoms with van der Waals surface area (Å²) in [5.41, 5.74) is 3.51. The number of thiocarbonyl (C=S) groups is 1. The summed E-state index contributed by atoms with van der Waals surface area (Å²) in [6, 6.07) is 11.3. The van der Waals surface area contributed by atoms with Crippen LogP contribution in [-0.4, -0.2) is 23.3 Å². The molecule has 1 amide bonds. The predicted molar refractivity (Wildman–Crippen MR) is 151 cm³/mol. The smallest absolute Gasteiger partial charge is 0.317 e. The summed E-state index contributed by atoms with van der Waals surface area (Å²) in [6.45, 7) is 4.07. The van der Waals surface area contributed by atoms with Gasteiger partial charge in [0.25, 0.3) is 5.91 Å². The summed E-state index contributed by atoms with van der Waals surface area (Å²) in [7, 11) is 1.57. The zero-order valence-electron chi connectivity index (χ0n) is 21.4. The van der Waals surface area contributed by atoms with Crippen LogP contribution in [0.1, 0.15) is 55.2 Å². The first-order valence-electron chi connectivity index (χ1n) is 13.0. The number of methoxy groups -OCH3 is 1. The van der Waals surface area contributed by atoms with E-state index in [9.17, 15) is 9.59 Å². The number of thioether (sulfide) groups is 1. The van der Waals surface area contributed by atoms with Crippen molar-refractivity contribution in [1.82, 2.24) is 0 Å². The van der Waals surface area contributed by atoms with Gasteiger partial charge in [-0.1, -0.05) is 36.1 Å². The van der Waals surface area contributed by atoms with Crippen molar-refractivity contribution in [3.05, 3.63) is 58.0 Å². The number of hydrogen-bond acceptors (Lipinski definition) is 6. The molecular weight excluding hydrogens is 502 g/mol. The van der Waals surface area contributed by atoms with E-state index in [4.69, 9.17) is 21.7 Å². The first-order valence-corrected chi connectivity index (χ1v) is 14.2. The molecule has 5 nitrogen and oxygen atoms in total. The second-order valence-corrected chi connectivity index (χ2v) is 13.0. The third-order valence-corrected chi connectivity index (χ3v) is 10.0. The highest BCUT2D eigenvalue weighted by Crippen LogP contribution is 2.60. The minimum Gasteiger partial charge on any atom is -0.493 e. The lowest BCUT2D eigenvalue weighted by atomic mass is 9.49. The van der Waals surface area contributed by atoms with Crippen LogP contribution in [-0.2, 0) is 9.59 Å². The Morgan fingerprint density at radius 1 is 1.00 bits per heavy atom. The Kier molecular flexibility index (Phi) is 6.19. The number of carbonyl (C=O) groups excluding carboxylic acids is 2. The second-order valence-electron chi connectivity index (χ2n) is 11.3. The van der Waals surface area contributed by atoms with Crippen molar-refractivity contribution in [3.8, 4) is 11.5 Å². The van der Waals surface area contributed by atoms with Crippen LogP contribution < -0.4 is 14.4 Å². The highest BCUT2D eigenvalue weighted by atomic mass is 32.2. The van der Waals surface area contributed by atoms with Crippen LogP contribution in [0.2, 0.25) is 0 Å². The van der Waals surface area contributed by atoms with Gasteiger partial charge >= 0.3 is 5.97 Å². The molecule has 37 heavy (non-hydrogen) atoms. The minimum atomic E-state index is -0.333. The molecule has 0 N–H and O–H groups in total. The first kappa shape index (κ1) is 24.7. The number of rotatable bonds is 5. The first-order chi connectivity index (χ1) is 17.7. The highest BCUT2D eigenvalue weighted by Gasteiger charge is 2.55. The van der Waals surface area contributed by atoms with Gasteiger partial charge in [-0.25, -0.2) is 0 Å². The van der Waals surface area contributed by atoms with Crippen molar-refractivity contribution in [2.75, 3.05) is 12.0 Å². The Bertz CT molecular complexity index is 1310. The lowest BCUT2D eigenvalue weighted by Gasteiger charge is -2.55. The maximum Gasteiger partial charge on any atom is 0.317 e. The molecule has 0 aromatic heterocycles. The largest absolute Gasteiger partial charge is 0.493 e. The number of carbonyl (C=O) groups is 2. The number of aryl methyl sites for hydroxylation is 2. The Morgan fingerprint density at radius 2 is 1.68 bits per heavy atom. The molecule has 5 fully saturated rings. The molecule has 2 aromatic carbocycles. The molecule has 0 spiro atoms. The molecule has 0 radical (unpaired) electrons. The number of ether oxygens (including phenoxy) is 2. The van der Waals surface area contributed by atoms with E-state index in [2.05, 4.69) is 0 Å². The van der Waals surface area contributed by atoms with Crippen molar-refractivity contribution in [2.45, 2.75) is 52.4 Å². The lowest BCUT2D eigenvalue weighted by Crippen LogP contribution is -2.51. The van der Waals surface area contributed by atoms with E-state index in [1.165, 1.54) is 36.6 Å². The van der Waals surface area contributed by atoms with Gasteiger partial charge < -0.3 is 9.47 Å². The summed E-state index contributed by atoms with van der Waals surface area (Å²) in [4.78, 5) is 28.8. The summed E-state index contributed by atoms with van der Waals surface area (Å²) in [6.07, 6.45) is 8.52. The number of hydrogen-bond donors (Lipinski definition) is 0. The summed E-state index contributed by atoms with van der Waals surface area (Å²) >= 11 is 6.82. The SMILES string of the molecule is COc1cc(/C=C2\SC(=S)N(c3ccc(C)c(C)c3)C2=O)ccc1OC(=O)C12CC3CC(CC(C3)C1)C2. The van der Waals surface area contributed by atoms with Crippen molar-refractivity contribution >= 4 is 51.9 Å². The lowest BCUT2D eigenvalue weighted by molar-refractivity contribution is -0.161. The van der Waals surface area contributed by atoms with Gasteiger partial charge in [0.2, 0.25) is 0 Å². The Hall–Kier alpha value is -2.64. The molecule has 4 aliphatic carbocycles. The van der Waals surface area contributed by atoms with Crippen LogP contribution >= 0.6 is 24.0 Å². The molecule has 7 rings (SSSR count). The van der Waals surface area contributed by atoms with Crippen LogP contribution in [0, 0.1) is 37.0 Å². The molecule has 7 heteroatoms. The van der Waals surface area contributed by atoms with E-state index in [0.717, 1.165) is 36.1 Å². The number of nitrogens with zero attached hydrogens (tertiary/aromatic N) is 1. The van der Waals surface area contributed by atoms with Crippen LogP contribution in [0.3, 0.4) is 0 Å². The maximum atomic E-state index is 13.4. The molecular formula is C30H31NO4S2. The predicted octanol–water partition coefficient (Wildman–Crippen LogP) is 6.84. The molecule has 1 heterocycles. The maximum absolute atomic E-state index is 13.4.